The van der Waals surface area contributed by atoms with Crippen molar-refractivity contribution in [2.75, 3.05) is 19.1 Å². The van der Waals surface area contributed by atoms with E-state index in [9.17, 15) is 19.0 Å². The Hall–Kier alpha value is -3.23. The van der Waals surface area contributed by atoms with Gasteiger partial charge in [-0.1, -0.05) is 121 Å². The Bertz CT molecular complexity index is 1190. The molecule has 1 N–H and O–H groups in total. The third-order valence-electron chi connectivity index (χ3n) is 6.36. The van der Waals surface area contributed by atoms with Crippen LogP contribution in [-0.4, -0.2) is 35.1 Å². The first-order chi connectivity index (χ1) is 17.9. The molecule has 190 valence electrons. The van der Waals surface area contributed by atoms with Gasteiger partial charge in [-0.15, -0.1) is 0 Å². The van der Waals surface area contributed by atoms with E-state index in [4.69, 9.17) is 0 Å². The van der Waals surface area contributed by atoms with Crippen LogP contribution in [0.3, 0.4) is 0 Å². The molecule has 0 aliphatic heterocycles. The van der Waals surface area contributed by atoms with Crippen LogP contribution in [0.25, 0.3) is 0 Å². The van der Waals surface area contributed by atoms with E-state index in [1.165, 1.54) is 0 Å². The van der Waals surface area contributed by atoms with Gasteiger partial charge in [-0.3, -0.25) is 9.69 Å². The summed E-state index contributed by atoms with van der Waals surface area (Å²) in [6, 6.07) is 37.5. The molecule has 4 aromatic carbocycles. The molecule has 0 radical (unpaired) electrons. The number of carboxylic acids is 1. The van der Waals surface area contributed by atoms with E-state index in [1.807, 2.05) is 126 Å². The lowest BCUT2D eigenvalue weighted by atomic mass is 10.3. The van der Waals surface area contributed by atoms with Gasteiger partial charge in [0.2, 0.25) is 0 Å². The molecule has 7 heteroatoms. The van der Waals surface area contributed by atoms with Crippen LogP contribution < -0.4 is 21.2 Å². The van der Waals surface area contributed by atoms with Crippen LogP contribution >= 0.6 is 14.3 Å². The lowest BCUT2D eigenvalue weighted by molar-refractivity contribution is -0.137. The Morgan fingerprint density at radius 3 is 1.14 bits per heavy atom. The molecule has 0 aromatic heterocycles. The van der Waals surface area contributed by atoms with Crippen LogP contribution in [-0.2, 0) is 13.9 Å². The largest absolute Gasteiger partial charge is 0.481 e. The molecule has 0 spiro atoms. The van der Waals surface area contributed by atoms with Gasteiger partial charge in [-0.25, -0.2) is 0 Å². The van der Waals surface area contributed by atoms with E-state index < -0.39 is 20.3 Å². The Balaban J connectivity index is 1.78. The van der Waals surface area contributed by atoms with Crippen LogP contribution in [0, 0.1) is 0 Å². The Morgan fingerprint density at radius 1 is 0.568 bits per heavy atom. The zero-order valence-corrected chi connectivity index (χ0v) is 22.4. The van der Waals surface area contributed by atoms with Crippen molar-refractivity contribution >= 4 is 41.5 Å². The second kappa shape index (κ2) is 12.3. The Kier molecular flexibility index (Phi) is 8.95. The van der Waals surface area contributed by atoms with Gasteiger partial charge in [0.1, 0.15) is 0 Å². The molecule has 0 bridgehead atoms. The number of benzene rings is 4. The monoisotopic (exact) mass is 531 g/mol. The first-order valence-electron chi connectivity index (χ1n) is 12.3. The number of rotatable bonds is 12. The van der Waals surface area contributed by atoms with Crippen LogP contribution in [0.2, 0.25) is 0 Å². The molecule has 0 fully saturated rings. The van der Waals surface area contributed by atoms with Crippen LogP contribution in [0.4, 0.5) is 0 Å². The highest BCUT2D eigenvalue weighted by molar-refractivity contribution is 7.79. The van der Waals surface area contributed by atoms with Gasteiger partial charge < -0.3 is 14.2 Å². The molecule has 0 amide bonds. The van der Waals surface area contributed by atoms with Crippen molar-refractivity contribution < 1.29 is 19.0 Å². The first kappa shape index (κ1) is 26.8. The molecule has 0 unspecified atom stereocenters. The minimum Gasteiger partial charge on any atom is -0.481 e. The SMILES string of the molecule is O=C(O)CCCN(CP(=O)(c1ccccc1)c1ccccc1)CP(=O)(c1ccccc1)c1ccccc1. The van der Waals surface area contributed by atoms with Crippen molar-refractivity contribution in [1.82, 2.24) is 4.90 Å². The van der Waals surface area contributed by atoms with Gasteiger partial charge in [0, 0.05) is 27.6 Å². The van der Waals surface area contributed by atoms with E-state index in [2.05, 4.69) is 0 Å². The van der Waals surface area contributed by atoms with Crippen LogP contribution in [0.5, 0.6) is 0 Å². The van der Waals surface area contributed by atoms with E-state index in [0.29, 0.717) is 13.0 Å². The molecule has 4 rings (SSSR count). The lowest BCUT2D eigenvalue weighted by Gasteiger charge is -2.32. The zero-order chi connectivity index (χ0) is 26.1. The topological polar surface area (TPSA) is 74.7 Å². The normalized spacial score (nSPS) is 11.9. The maximum absolute atomic E-state index is 14.8. The summed E-state index contributed by atoms with van der Waals surface area (Å²) < 4.78 is 29.7. The second-order valence-electron chi connectivity index (χ2n) is 9.00. The highest BCUT2D eigenvalue weighted by Gasteiger charge is 2.35. The number of hydrogen-bond acceptors (Lipinski definition) is 4. The van der Waals surface area contributed by atoms with E-state index in [1.54, 1.807) is 0 Å². The molecule has 5 nitrogen and oxygen atoms in total. The number of aliphatic carboxylic acids is 1. The van der Waals surface area contributed by atoms with Crippen molar-refractivity contribution in [3.05, 3.63) is 121 Å². The van der Waals surface area contributed by atoms with Crippen molar-refractivity contribution in [3.8, 4) is 0 Å². The second-order valence-corrected chi connectivity index (χ2v) is 14.6. The summed E-state index contributed by atoms with van der Waals surface area (Å²) in [5, 5.41) is 12.2. The number of hydrogen-bond donors (Lipinski definition) is 1. The smallest absolute Gasteiger partial charge is 0.303 e. The fourth-order valence-electron chi connectivity index (χ4n) is 4.50. The van der Waals surface area contributed by atoms with E-state index in [-0.39, 0.29) is 19.0 Å². The molecule has 0 saturated carbocycles. The molecule has 0 aliphatic rings. The van der Waals surface area contributed by atoms with E-state index in [0.717, 1.165) is 21.2 Å². The number of carbonyl (C=O) groups is 1. The fraction of sp³-hybridized carbons (Fsp3) is 0.167. The molecule has 0 heterocycles. The highest BCUT2D eigenvalue weighted by Crippen LogP contribution is 2.48. The zero-order valence-electron chi connectivity index (χ0n) is 20.6. The molecule has 0 aliphatic carbocycles. The first-order valence-corrected chi connectivity index (χ1v) is 16.0. The van der Waals surface area contributed by atoms with Crippen LogP contribution in [0.1, 0.15) is 12.8 Å². The predicted molar refractivity (Wildman–Crippen MR) is 153 cm³/mol. The third kappa shape index (κ3) is 6.56. The molecular weight excluding hydrogens is 500 g/mol. The van der Waals surface area contributed by atoms with E-state index >= 15 is 0 Å². The summed E-state index contributed by atoms with van der Waals surface area (Å²) in [5.74, 6) is -0.886. The Labute approximate surface area is 218 Å². The summed E-state index contributed by atoms with van der Waals surface area (Å²) in [6.45, 7) is 0.361. The fourth-order valence-corrected chi connectivity index (χ4v) is 10.1. The maximum atomic E-state index is 14.8. The molecule has 4 aromatic rings. The summed E-state index contributed by atoms with van der Waals surface area (Å²) >= 11 is 0. The predicted octanol–water partition coefficient (Wildman–Crippen LogP) is 5.10. The number of carboxylic acid groups (broad SMARTS) is 1. The average molecular weight is 532 g/mol. The maximum Gasteiger partial charge on any atom is 0.303 e. The summed E-state index contributed by atoms with van der Waals surface area (Å²) in [7, 11) is -6.31. The molecule has 0 saturated heterocycles. The summed E-state index contributed by atoms with van der Waals surface area (Å²) in [5.41, 5.74) is 0. The van der Waals surface area contributed by atoms with Gasteiger partial charge in [0.05, 0.1) is 12.6 Å². The highest BCUT2D eigenvalue weighted by atomic mass is 31.2. The van der Waals surface area contributed by atoms with Gasteiger partial charge in [-0.05, 0) is 13.0 Å². The number of nitrogens with zero attached hydrogens (tertiary/aromatic N) is 1. The van der Waals surface area contributed by atoms with Crippen molar-refractivity contribution in [2.24, 2.45) is 0 Å². The standard InChI is InChI=1S/C30H31NO4P2/c32-30(33)22-13-23-31(24-36(34,26-14-5-1-6-15-26)27-16-7-2-8-17-27)25-37(35,28-18-9-3-10-19-28)29-20-11-4-12-21-29/h1-12,14-21H,13,22-25H2,(H,32,33). The summed E-state index contributed by atoms with van der Waals surface area (Å²) in [4.78, 5) is 13.3. The Morgan fingerprint density at radius 2 is 0.865 bits per heavy atom. The van der Waals surface area contributed by atoms with Gasteiger partial charge >= 0.3 is 5.97 Å². The van der Waals surface area contributed by atoms with Crippen molar-refractivity contribution in [3.63, 3.8) is 0 Å². The minimum atomic E-state index is -3.16. The minimum absolute atomic E-state index is 0.0154. The van der Waals surface area contributed by atoms with Gasteiger partial charge in [0.25, 0.3) is 0 Å². The van der Waals surface area contributed by atoms with Crippen molar-refractivity contribution in [1.29, 1.82) is 0 Å². The van der Waals surface area contributed by atoms with Gasteiger partial charge in [0.15, 0.2) is 14.3 Å². The summed E-state index contributed by atoms with van der Waals surface area (Å²) in [6.07, 6.45) is 0.662. The molecule has 0 atom stereocenters. The average Bonchev–Trinajstić information content (AvgIpc) is 2.94. The molecule has 37 heavy (non-hydrogen) atoms. The van der Waals surface area contributed by atoms with Crippen LogP contribution in [0.15, 0.2) is 121 Å². The molecular formula is C30H31NO4P2. The quantitative estimate of drug-likeness (QED) is 0.258. The lowest BCUT2D eigenvalue weighted by Crippen LogP contribution is -2.36. The van der Waals surface area contributed by atoms with Gasteiger partial charge in [-0.2, -0.15) is 0 Å². The van der Waals surface area contributed by atoms with Crippen molar-refractivity contribution in [2.45, 2.75) is 12.8 Å². The third-order valence-corrected chi connectivity index (χ3v) is 12.5.